The monoisotopic (exact) mass is 312 g/mol. The van der Waals surface area contributed by atoms with Crippen molar-refractivity contribution in [2.24, 2.45) is 0 Å². The van der Waals surface area contributed by atoms with Gasteiger partial charge in [0, 0.05) is 12.5 Å². The van der Waals surface area contributed by atoms with Crippen molar-refractivity contribution in [3.8, 4) is 0 Å². The molecule has 1 aliphatic heterocycles. The molecule has 1 fully saturated rings. The zero-order valence-corrected chi connectivity index (χ0v) is 12.1. The Bertz CT molecular complexity index is 603. The normalized spacial score (nSPS) is 19.3. The molecule has 0 aromatic heterocycles. The Morgan fingerprint density at radius 2 is 1.95 bits per heavy atom. The SMILES string of the molecule is O=C(CC1CS(=O)(=O)N1)NCC(=O)OCc1ccccc1. The fraction of sp³-hybridized carbons (Fsp3) is 0.385. The van der Waals surface area contributed by atoms with Crippen molar-refractivity contribution in [3.63, 3.8) is 0 Å². The summed E-state index contributed by atoms with van der Waals surface area (Å²) in [5.41, 5.74) is 0.862. The second kappa shape index (κ2) is 6.68. The molecule has 1 aromatic rings. The topological polar surface area (TPSA) is 102 Å². The molecule has 0 aliphatic carbocycles. The van der Waals surface area contributed by atoms with Crippen molar-refractivity contribution in [1.29, 1.82) is 0 Å². The highest BCUT2D eigenvalue weighted by molar-refractivity contribution is 7.90. The number of carbonyl (C=O) groups excluding carboxylic acids is 2. The van der Waals surface area contributed by atoms with Crippen LogP contribution in [0.3, 0.4) is 0 Å². The minimum Gasteiger partial charge on any atom is -0.460 e. The van der Waals surface area contributed by atoms with E-state index in [2.05, 4.69) is 10.0 Å². The molecule has 1 aliphatic rings. The van der Waals surface area contributed by atoms with Gasteiger partial charge in [0.1, 0.15) is 13.2 Å². The van der Waals surface area contributed by atoms with E-state index < -0.39 is 16.0 Å². The van der Waals surface area contributed by atoms with Gasteiger partial charge in [-0.1, -0.05) is 30.3 Å². The number of hydrogen-bond acceptors (Lipinski definition) is 5. The molecular formula is C13H16N2O5S. The summed E-state index contributed by atoms with van der Waals surface area (Å²) in [7, 11) is -3.17. The van der Waals surface area contributed by atoms with Crippen LogP contribution in [0.5, 0.6) is 0 Å². The van der Waals surface area contributed by atoms with Gasteiger partial charge < -0.3 is 10.1 Å². The van der Waals surface area contributed by atoms with E-state index in [4.69, 9.17) is 4.74 Å². The number of rotatable bonds is 6. The maximum absolute atomic E-state index is 11.5. The highest BCUT2D eigenvalue weighted by Crippen LogP contribution is 2.08. The molecule has 0 spiro atoms. The lowest BCUT2D eigenvalue weighted by atomic mass is 10.2. The second-order valence-corrected chi connectivity index (χ2v) is 6.52. The summed E-state index contributed by atoms with van der Waals surface area (Å²) in [4.78, 5) is 22.9. The lowest BCUT2D eigenvalue weighted by Gasteiger charge is -2.26. The van der Waals surface area contributed by atoms with E-state index in [0.29, 0.717) is 0 Å². The molecule has 7 nitrogen and oxygen atoms in total. The first kappa shape index (κ1) is 15.5. The summed E-state index contributed by atoms with van der Waals surface area (Å²) in [6, 6.07) is 8.81. The summed E-state index contributed by atoms with van der Waals surface area (Å²) in [6.45, 7) is -0.0803. The zero-order valence-electron chi connectivity index (χ0n) is 11.2. The first-order valence-electron chi connectivity index (χ1n) is 6.41. The van der Waals surface area contributed by atoms with Gasteiger partial charge in [0.25, 0.3) is 0 Å². The van der Waals surface area contributed by atoms with E-state index in [1.165, 1.54) is 0 Å². The standard InChI is InChI=1S/C13H16N2O5S/c16-12(6-11-9-21(18,19)15-11)14-7-13(17)20-8-10-4-2-1-3-5-10/h1-5,11,15H,6-9H2,(H,14,16). The minimum atomic E-state index is -3.17. The molecule has 1 saturated heterocycles. The van der Waals surface area contributed by atoms with Gasteiger partial charge in [-0.2, -0.15) is 0 Å². The van der Waals surface area contributed by atoms with E-state index in [0.717, 1.165) is 5.56 Å². The maximum Gasteiger partial charge on any atom is 0.325 e. The van der Waals surface area contributed by atoms with Crippen LogP contribution in [-0.4, -0.2) is 38.6 Å². The molecule has 1 atom stereocenters. The zero-order chi connectivity index (χ0) is 15.3. The molecule has 0 radical (unpaired) electrons. The van der Waals surface area contributed by atoms with Crippen molar-refractivity contribution in [3.05, 3.63) is 35.9 Å². The van der Waals surface area contributed by atoms with Gasteiger partial charge in [0.2, 0.25) is 15.9 Å². The van der Waals surface area contributed by atoms with Crippen LogP contribution in [0.25, 0.3) is 0 Å². The first-order valence-corrected chi connectivity index (χ1v) is 8.06. The van der Waals surface area contributed by atoms with Crippen molar-refractivity contribution in [2.45, 2.75) is 19.1 Å². The molecule has 1 amide bonds. The quantitative estimate of drug-likeness (QED) is 0.692. The molecule has 114 valence electrons. The number of sulfonamides is 1. The third-order valence-electron chi connectivity index (χ3n) is 2.87. The van der Waals surface area contributed by atoms with Crippen LogP contribution < -0.4 is 10.0 Å². The van der Waals surface area contributed by atoms with Gasteiger partial charge in [0.15, 0.2) is 0 Å². The fourth-order valence-electron chi connectivity index (χ4n) is 1.86. The average molecular weight is 312 g/mol. The smallest absolute Gasteiger partial charge is 0.325 e. The molecule has 2 rings (SSSR count). The molecule has 1 aromatic carbocycles. The number of amides is 1. The number of hydrogen-bond donors (Lipinski definition) is 2. The molecule has 21 heavy (non-hydrogen) atoms. The van der Waals surface area contributed by atoms with Crippen LogP contribution in [0, 0.1) is 0 Å². The van der Waals surface area contributed by atoms with E-state index >= 15 is 0 Å². The van der Waals surface area contributed by atoms with E-state index in [1.807, 2.05) is 30.3 Å². The van der Waals surface area contributed by atoms with Crippen LogP contribution >= 0.6 is 0 Å². The molecule has 8 heteroatoms. The minimum absolute atomic E-state index is 0.0190. The van der Waals surface area contributed by atoms with Crippen molar-refractivity contribution < 1.29 is 22.7 Å². The van der Waals surface area contributed by atoms with Crippen LogP contribution in [0.2, 0.25) is 0 Å². The van der Waals surface area contributed by atoms with Crippen molar-refractivity contribution >= 4 is 21.9 Å². The van der Waals surface area contributed by atoms with Crippen LogP contribution in [0.4, 0.5) is 0 Å². The van der Waals surface area contributed by atoms with Crippen molar-refractivity contribution in [1.82, 2.24) is 10.0 Å². The third-order valence-corrected chi connectivity index (χ3v) is 4.40. The third kappa shape index (κ3) is 5.16. The largest absolute Gasteiger partial charge is 0.460 e. The lowest BCUT2D eigenvalue weighted by Crippen LogP contribution is -2.54. The molecular weight excluding hydrogens is 296 g/mol. The van der Waals surface area contributed by atoms with Gasteiger partial charge >= 0.3 is 5.97 Å². The Labute approximate surface area is 122 Å². The van der Waals surface area contributed by atoms with Gasteiger partial charge in [-0.05, 0) is 5.56 Å². The van der Waals surface area contributed by atoms with Crippen LogP contribution in [-0.2, 0) is 31.0 Å². The molecule has 2 N–H and O–H groups in total. The Balaban J connectivity index is 1.61. The number of nitrogens with one attached hydrogen (secondary N) is 2. The summed E-state index contributed by atoms with van der Waals surface area (Å²) >= 11 is 0. The Morgan fingerprint density at radius 3 is 2.57 bits per heavy atom. The predicted molar refractivity (Wildman–Crippen MR) is 74.6 cm³/mol. The summed E-state index contributed by atoms with van der Waals surface area (Å²) < 4.78 is 29.0. The van der Waals surface area contributed by atoms with E-state index in [1.54, 1.807) is 0 Å². The Morgan fingerprint density at radius 1 is 1.29 bits per heavy atom. The molecule has 1 unspecified atom stereocenters. The average Bonchev–Trinajstić information content (AvgIpc) is 2.42. The van der Waals surface area contributed by atoms with E-state index in [9.17, 15) is 18.0 Å². The number of ether oxygens (including phenoxy) is 1. The van der Waals surface area contributed by atoms with Crippen molar-refractivity contribution in [2.75, 3.05) is 12.3 Å². The van der Waals surface area contributed by atoms with Gasteiger partial charge in [-0.3, -0.25) is 9.59 Å². The Hall–Kier alpha value is -1.93. The van der Waals surface area contributed by atoms with Crippen LogP contribution in [0.1, 0.15) is 12.0 Å². The summed E-state index contributed by atoms with van der Waals surface area (Å²) in [5.74, 6) is -0.987. The van der Waals surface area contributed by atoms with E-state index in [-0.39, 0.29) is 37.3 Å². The fourth-order valence-corrected chi connectivity index (χ4v) is 3.06. The van der Waals surface area contributed by atoms with Crippen LogP contribution in [0.15, 0.2) is 30.3 Å². The molecule has 1 heterocycles. The first-order chi connectivity index (χ1) is 9.94. The summed E-state index contributed by atoms with van der Waals surface area (Å²) in [5, 5.41) is 2.40. The molecule has 0 saturated carbocycles. The second-order valence-electron chi connectivity index (χ2n) is 4.72. The summed E-state index contributed by atoms with van der Waals surface area (Å²) in [6.07, 6.45) is 0.0190. The van der Waals surface area contributed by atoms with Gasteiger partial charge in [0.05, 0.1) is 5.75 Å². The van der Waals surface area contributed by atoms with Gasteiger partial charge in [-0.25, -0.2) is 13.1 Å². The highest BCUT2D eigenvalue weighted by atomic mass is 32.2. The highest BCUT2D eigenvalue weighted by Gasteiger charge is 2.33. The Kier molecular flexibility index (Phi) is 4.92. The number of benzene rings is 1. The van der Waals surface area contributed by atoms with Gasteiger partial charge in [-0.15, -0.1) is 0 Å². The molecule has 0 bridgehead atoms. The maximum atomic E-state index is 11.5. The predicted octanol–water partition coefficient (Wildman–Crippen LogP) is -0.462. The number of carbonyl (C=O) groups is 2. The number of esters is 1. The lowest BCUT2D eigenvalue weighted by molar-refractivity contribution is -0.145.